The molecular formula is C17H27NO3. The molecule has 0 aliphatic heterocycles. The first-order chi connectivity index (χ1) is 10.2. The zero-order valence-corrected chi connectivity index (χ0v) is 13.0. The molecule has 3 N–H and O–H groups in total. The van der Waals surface area contributed by atoms with Gasteiger partial charge in [0.05, 0.1) is 19.3 Å². The Labute approximate surface area is 127 Å². The molecule has 1 fully saturated rings. The third-order valence-corrected chi connectivity index (χ3v) is 4.43. The summed E-state index contributed by atoms with van der Waals surface area (Å²) in [6.45, 7) is 3.25. The lowest BCUT2D eigenvalue weighted by molar-refractivity contribution is -0.0398. The fraction of sp³-hybridized carbons (Fsp3) is 0.647. The summed E-state index contributed by atoms with van der Waals surface area (Å²) in [4.78, 5) is 0. The molecule has 0 amide bonds. The number of hydrogen-bond donors (Lipinski definition) is 2. The van der Waals surface area contributed by atoms with Gasteiger partial charge in [-0.25, -0.2) is 0 Å². The minimum absolute atomic E-state index is 0.0120. The van der Waals surface area contributed by atoms with Crippen molar-refractivity contribution in [2.75, 3.05) is 20.3 Å². The first-order valence-electron chi connectivity index (χ1n) is 7.81. The Morgan fingerprint density at radius 2 is 1.95 bits per heavy atom. The van der Waals surface area contributed by atoms with E-state index in [0.29, 0.717) is 18.6 Å². The molecule has 0 bridgehead atoms. The van der Waals surface area contributed by atoms with E-state index in [4.69, 9.17) is 15.2 Å². The molecule has 1 aromatic carbocycles. The molecule has 1 saturated carbocycles. The predicted molar refractivity (Wildman–Crippen MR) is 83.6 cm³/mol. The molecule has 0 saturated heterocycles. The number of benzene rings is 1. The van der Waals surface area contributed by atoms with E-state index in [9.17, 15) is 5.11 Å². The molecule has 2 rings (SSSR count). The van der Waals surface area contributed by atoms with Crippen LogP contribution < -0.4 is 10.5 Å². The molecule has 0 heterocycles. The van der Waals surface area contributed by atoms with Crippen LogP contribution in [0.25, 0.3) is 0 Å². The molecule has 0 spiro atoms. The second kappa shape index (κ2) is 7.78. The molecule has 1 aliphatic rings. The van der Waals surface area contributed by atoms with Crippen LogP contribution in [0.5, 0.6) is 5.75 Å². The van der Waals surface area contributed by atoms with Crippen molar-refractivity contribution in [1.29, 1.82) is 0 Å². The van der Waals surface area contributed by atoms with Gasteiger partial charge in [-0.2, -0.15) is 0 Å². The van der Waals surface area contributed by atoms with Gasteiger partial charge in [0, 0.05) is 19.1 Å². The van der Waals surface area contributed by atoms with E-state index < -0.39 is 6.10 Å². The molecule has 4 nitrogen and oxygen atoms in total. The third-order valence-electron chi connectivity index (χ3n) is 4.43. The van der Waals surface area contributed by atoms with Crippen molar-refractivity contribution < 1.29 is 14.6 Å². The van der Waals surface area contributed by atoms with Crippen molar-refractivity contribution in [3.05, 3.63) is 29.8 Å². The predicted octanol–water partition coefficient (Wildman–Crippen LogP) is 2.30. The fourth-order valence-corrected chi connectivity index (χ4v) is 3.11. The Hall–Kier alpha value is -1.10. The zero-order valence-electron chi connectivity index (χ0n) is 13.0. The molecule has 2 atom stereocenters. The first-order valence-corrected chi connectivity index (χ1v) is 7.81. The van der Waals surface area contributed by atoms with Gasteiger partial charge in [-0.3, -0.25) is 0 Å². The largest absolute Gasteiger partial charge is 0.497 e. The normalized spacial score (nSPS) is 24.2. The van der Waals surface area contributed by atoms with Gasteiger partial charge in [0.15, 0.2) is 0 Å². The molecule has 0 radical (unpaired) electrons. The highest BCUT2D eigenvalue weighted by Gasteiger charge is 2.33. The highest BCUT2D eigenvalue weighted by atomic mass is 16.5. The maximum Gasteiger partial charge on any atom is 0.118 e. The third kappa shape index (κ3) is 4.19. The van der Waals surface area contributed by atoms with E-state index in [1.807, 2.05) is 31.2 Å². The van der Waals surface area contributed by atoms with Gasteiger partial charge >= 0.3 is 0 Å². The van der Waals surface area contributed by atoms with Gasteiger partial charge < -0.3 is 20.3 Å². The number of nitrogens with two attached hydrogens (primary N) is 1. The van der Waals surface area contributed by atoms with E-state index in [2.05, 4.69) is 0 Å². The first kappa shape index (κ1) is 16.3. The summed E-state index contributed by atoms with van der Waals surface area (Å²) < 4.78 is 10.7. The zero-order chi connectivity index (χ0) is 15.2. The average molecular weight is 293 g/mol. The maximum absolute atomic E-state index is 10.5. The van der Waals surface area contributed by atoms with Crippen molar-refractivity contribution in [1.82, 2.24) is 0 Å². The van der Waals surface area contributed by atoms with Crippen LogP contribution in [-0.2, 0) is 4.74 Å². The SMILES string of the molecule is CCOC1CC(CC(O)C(CN)c2ccc(OC)cc2)C1. The lowest BCUT2D eigenvalue weighted by Crippen LogP contribution is -2.36. The minimum atomic E-state index is -0.393. The van der Waals surface area contributed by atoms with Crippen molar-refractivity contribution in [2.24, 2.45) is 11.7 Å². The fourth-order valence-electron chi connectivity index (χ4n) is 3.11. The molecule has 2 unspecified atom stereocenters. The van der Waals surface area contributed by atoms with Crippen molar-refractivity contribution in [3.63, 3.8) is 0 Å². The average Bonchev–Trinajstić information content (AvgIpc) is 2.46. The van der Waals surface area contributed by atoms with Crippen LogP contribution in [0.3, 0.4) is 0 Å². The van der Waals surface area contributed by atoms with Crippen LogP contribution in [0, 0.1) is 5.92 Å². The number of rotatable bonds is 8. The summed E-state index contributed by atoms with van der Waals surface area (Å²) >= 11 is 0. The van der Waals surface area contributed by atoms with Crippen LogP contribution >= 0.6 is 0 Å². The smallest absolute Gasteiger partial charge is 0.118 e. The molecule has 0 aromatic heterocycles. The maximum atomic E-state index is 10.5. The van der Waals surface area contributed by atoms with Gasteiger partial charge in [-0.15, -0.1) is 0 Å². The Bertz CT molecular complexity index is 415. The highest BCUT2D eigenvalue weighted by Crippen LogP contribution is 2.36. The number of ether oxygens (including phenoxy) is 2. The molecular weight excluding hydrogens is 266 g/mol. The molecule has 118 valence electrons. The van der Waals surface area contributed by atoms with E-state index in [-0.39, 0.29) is 5.92 Å². The Morgan fingerprint density at radius 3 is 2.48 bits per heavy atom. The lowest BCUT2D eigenvalue weighted by atomic mass is 9.76. The molecule has 1 aromatic rings. The monoisotopic (exact) mass is 293 g/mol. The van der Waals surface area contributed by atoms with Crippen LogP contribution in [0.15, 0.2) is 24.3 Å². The van der Waals surface area contributed by atoms with Gasteiger partial charge in [0.1, 0.15) is 5.75 Å². The van der Waals surface area contributed by atoms with E-state index in [0.717, 1.165) is 37.2 Å². The number of methoxy groups -OCH3 is 1. The van der Waals surface area contributed by atoms with Crippen LogP contribution in [0.1, 0.15) is 37.7 Å². The van der Waals surface area contributed by atoms with E-state index in [1.54, 1.807) is 7.11 Å². The molecule has 1 aliphatic carbocycles. The summed E-state index contributed by atoms with van der Waals surface area (Å²) in [5, 5.41) is 10.5. The minimum Gasteiger partial charge on any atom is -0.497 e. The summed E-state index contributed by atoms with van der Waals surface area (Å²) in [6, 6.07) is 7.81. The van der Waals surface area contributed by atoms with Gasteiger partial charge in [-0.05, 0) is 49.8 Å². The lowest BCUT2D eigenvalue weighted by Gasteiger charge is -2.37. The topological polar surface area (TPSA) is 64.7 Å². The number of aliphatic hydroxyl groups excluding tert-OH is 1. The van der Waals surface area contributed by atoms with Crippen molar-refractivity contribution >= 4 is 0 Å². The summed E-state index contributed by atoms with van der Waals surface area (Å²) in [5.41, 5.74) is 6.95. The van der Waals surface area contributed by atoms with Crippen molar-refractivity contribution in [2.45, 2.75) is 44.3 Å². The molecule has 4 heteroatoms. The van der Waals surface area contributed by atoms with E-state index >= 15 is 0 Å². The highest BCUT2D eigenvalue weighted by molar-refractivity contribution is 5.30. The van der Waals surface area contributed by atoms with Crippen LogP contribution in [0.2, 0.25) is 0 Å². The second-order valence-corrected chi connectivity index (χ2v) is 5.83. The van der Waals surface area contributed by atoms with Gasteiger partial charge in [-0.1, -0.05) is 12.1 Å². The Morgan fingerprint density at radius 1 is 1.29 bits per heavy atom. The summed E-state index contributed by atoms with van der Waals surface area (Å²) in [5.74, 6) is 1.37. The standard InChI is InChI=1S/C17H27NO3/c1-3-21-15-8-12(9-15)10-17(19)16(11-18)13-4-6-14(20-2)7-5-13/h4-7,12,15-17,19H,3,8-11,18H2,1-2H3. The number of hydrogen-bond acceptors (Lipinski definition) is 4. The molecule has 21 heavy (non-hydrogen) atoms. The summed E-state index contributed by atoms with van der Waals surface area (Å²) in [6.07, 6.45) is 2.92. The van der Waals surface area contributed by atoms with Crippen molar-refractivity contribution in [3.8, 4) is 5.75 Å². The van der Waals surface area contributed by atoms with E-state index in [1.165, 1.54) is 0 Å². The summed E-state index contributed by atoms with van der Waals surface area (Å²) in [7, 11) is 1.65. The quantitative estimate of drug-likeness (QED) is 0.772. The van der Waals surface area contributed by atoms with Gasteiger partial charge in [0.2, 0.25) is 0 Å². The Balaban J connectivity index is 1.88. The van der Waals surface area contributed by atoms with Gasteiger partial charge in [0.25, 0.3) is 0 Å². The van der Waals surface area contributed by atoms with Crippen LogP contribution in [0.4, 0.5) is 0 Å². The Kier molecular flexibility index (Phi) is 6.03. The number of aliphatic hydroxyl groups is 1. The van der Waals surface area contributed by atoms with Crippen LogP contribution in [-0.4, -0.2) is 37.6 Å². The second-order valence-electron chi connectivity index (χ2n) is 5.83.